The van der Waals surface area contributed by atoms with Gasteiger partial charge in [-0.3, -0.25) is 4.79 Å². The van der Waals surface area contributed by atoms with Gasteiger partial charge in [0.2, 0.25) is 0 Å². The Morgan fingerprint density at radius 3 is 2.60 bits per heavy atom. The van der Waals surface area contributed by atoms with Gasteiger partial charge in [0, 0.05) is 17.7 Å². The smallest absolute Gasteiger partial charge is 0.275 e. The number of rotatable bonds is 4. The lowest BCUT2D eigenvalue weighted by atomic mass is 10.1. The molecule has 0 saturated heterocycles. The van der Waals surface area contributed by atoms with E-state index in [2.05, 4.69) is 11.9 Å². The van der Waals surface area contributed by atoms with Crippen LogP contribution in [0.4, 0.5) is 0 Å². The standard InChI is InChI=1S/C11H19N3O/c1-4-6-7-9-8(3)13-10(5-2)14(12)11(9)15/h4-7,12H2,1-3H3. The number of nitrogens with zero attached hydrogens (tertiary/aromatic N) is 2. The first-order valence-corrected chi connectivity index (χ1v) is 5.48. The minimum Gasteiger partial charge on any atom is -0.335 e. The maximum absolute atomic E-state index is 11.9. The predicted molar refractivity (Wildman–Crippen MR) is 61.4 cm³/mol. The molecule has 0 amide bonds. The van der Waals surface area contributed by atoms with Crippen LogP contribution in [-0.4, -0.2) is 9.66 Å². The van der Waals surface area contributed by atoms with E-state index in [0.717, 1.165) is 30.5 Å². The molecule has 0 fully saturated rings. The minimum atomic E-state index is -0.0900. The summed E-state index contributed by atoms with van der Waals surface area (Å²) in [5.41, 5.74) is 1.50. The van der Waals surface area contributed by atoms with Gasteiger partial charge in [-0.25, -0.2) is 9.66 Å². The van der Waals surface area contributed by atoms with Crippen LogP contribution in [0.5, 0.6) is 0 Å². The Hall–Kier alpha value is -1.32. The molecule has 1 aromatic rings. The number of aromatic nitrogens is 2. The maximum atomic E-state index is 11.9. The van der Waals surface area contributed by atoms with E-state index < -0.39 is 0 Å². The Labute approximate surface area is 90.1 Å². The fourth-order valence-corrected chi connectivity index (χ4v) is 1.62. The molecule has 4 nitrogen and oxygen atoms in total. The van der Waals surface area contributed by atoms with Crippen molar-refractivity contribution >= 4 is 0 Å². The summed E-state index contributed by atoms with van der Waals surface area (Å²) in [6.45, 7) is 5.92. The Bertz CT molecular complexity index is 396. The average molecular weight is 209 g/mol. The van der Waals surface area contributed by atoms with E-state index >= 15 is 0 Å². The topological polar surface area (TPSA) is 60.9 Å². The number of nitrogen functional groups attached to an aromatic ring is 1. The highest BCUT2D eigenvalue weighted by Crippen LogP contribution is 2.05. The summed E-state index contributed by atoms with van der Waals surface area (Å²) < 4.78 is 1.18. The van der Waals surface area contributed by atoms with Gasteiger partial charge in [0.25, 0.3) is 5.56 Å². The number of unbranched alkanes of at least 4 members (excludes halogenated alkanes) is 1. The van der Waals surface area contributed by atoms with Crippen molar-refractivity contribution in [2.45, 2.75) is 46.5 Å². The van der Waals surface area contributed by atoms with Gasteiger partial charge < -0.3 is 5.84 Å². The van der Waals surface area contributed by atoms with Crippen LogP contribution >= 0.6 is 0 Å². The van der Waals surface area contributed by atoms with E-state index in [1.54, 1.807) is 0 Å². The molecule has 0 spiro atoms. The van der Waals surface area contributed by atoms with Crippen LogP contribution in [0.1, 0.15) is 43.8 Å². The lowest BCUT2D eigenvalue weighted by Gasteiger charge is -2.10. The molecule has 15 heavy (non-hydrogen) atoms. The highest BCUT2D eigenvalue weighted by atomic mass is 16.1. The maximum Gasteiger partial charge on any atom is 0.275 e. The summed E-state index contributed by atoms with van der Waals surface area (Å²) >= 11 is 0. The van der Waals surface area contributed by atoms with Gasteiger partial charge >= 0.3 is 0 Å². The van der Waals surface area contributed by atoms with E-state index in [0.29, 0.717) is 12.2 Å². The van der Waals surface area contributed by atoms with Crippen LogP contribution in [0, 0.1) is 6.92 Å². The van der Waals surface area contributed by atoms with Crippen LogP contribution < -0.4 is 11.4 Å². The molecular weight excluding hydrogens is 190 g/mol. The quantitative estimate of drug-likeness (QED) is 0.757. The van der Waals surface area contributed by atoms with Gasteiger partial charge in [-0.15, -0.1) is 0 Å². The van der Waals surface area contributed by atoms with Gasteiger partial charge in [0.05, 0.1) is 0 Å². The van der Waals surface area contributed by atoms with E-state index in [1.165, 1.54) is 4.68 Å². The second kappa shape index (κ2) is 4.96. The van der Waals surface area contributed by atoms with Gasteiger partial charge in [-0.05, 0) is 19.8 Å². The molecule has 0 unspecified atom stereocenters. The summed E-state index contributed by atoms with van der Waals surface area (Å²) in [4.78, 5) is 16.2. The Morgan fingerprint density at radius 2 is 2.07 bits per heavy atom. The Morgan fingerprint density at radius 1 is 1.40 bits per heavy atom. The van der Waals surface area contributed by atoms with Crippen molar-refractivity contribution in [3.8, 4) is 0 Å². The molecule has 0 bridgehead atoms. The summed E-state index contributed by atoms with van der Waals surface area (Å²) in [6.07, 6.45) is 3.53. The van der Waals surface area contributed by atoms with Gasteiger partial charge in [-0.2, -0.15) is 0 Å². The SMILES string of the molecule is CCCCc1c(C)nc(CC)n(N)c1=O. The molecule has 0 radical (unpaired) electrons. The average Bonchev–Trinajstić information content (AvgIpc) is 2.23. The summed E-state index contributed by atoms with van der Waals surface area (Å²) in [7, 11) is 0. The minimum absolute atomic E-state index is 0.0900. The molecule has 0 aromatic carbocycles. The largest absolute Gasteiger partial charge is 0.335 e. The summed E-state index contributed by atoms with van der Waals surface area (Å²) in [6, 6.07) is 0. The van der Waals surface area contributed by atoms with Crippen LogP contribution in [0.15, 0.2) is 4.79 Å². The summed E-state index contributed by atoms with van der Waals surface area (Å²) in [5, 5.41) is 0. The molecule has 0 aliphatic carbocycles. The Balaban J connectivity index is 3.18. The van der Waals surface area contributed by atoms with Crippen molar-refractivity contribution in [1.82, 2.24) is 9.66 Å². The normalized spacial score (nSPS) is 10.6. The van der Waals surface area contributed by atoms with Crippen LogP contribution in [-0.2, 0) is 12.8 Å². The van der Waals surface area contributed by atoms with Crippen molar-refractivity contribution in [1.29, 1.82) is 0 Å². The first-order chi connectivity index (χ1) is 7.11. The zero-order valence-corrected chi connectivity index (χ0v) is 9.71. The second-order valence-electron chi connectivity index (χ2n) is 3.72. The molecule has 2 N–H and O–H groups in total. The molecule has 0 aliphatic heterocycles. The third kappa shape index (κ3) is 2.37. The van der Waals surface area contributed by atoms with Crippen molar-refractivity contribution in [2.24, 2.45) is 0 Å². The number of nitrogens with two attached hydrogens (primary N) is 1. The third-order valence-corrected chi connectivity index (χ3v) is 2.59. The molecule has 0 aliphatic rings. The lowest BCUT2D eigenvalue weighted by Crippen LogP contribution is -2.34. The first kappa shape index (κ1) is 11.8. The van der Waals surface area contributed by atoms with E-state index in [4.69, 9.17) is 5.84 Å². The van der Waals surface area contributed by atoms with Crippen molar-refractivity contribution in [3.05, 3.63) is 27.4 Å². The van der Waals surface area contributed by atoms with E-state index in [9.17, 15) is 4.79 Å². The van der Waals surface area contributed by atoms with Crippen LogP contribution in [0.2, 0.25) is 0 Å². The highest BCUT2D eigenvalue weighted by Gasteiger charge is 2.10. The molecule has 1 rings (SSSR count). The Kier molecular flexibility index (Phi) is 3.88. The zero-order valence-electron chi connectivity index (χ0n) is 9.71. The van der Waals surface area contributed by atoms with Gasteiger partial charge in [0.1, 0.15) is 5.82 Å². The summed E-state index contributed by atoms with van der Waals surface area (Å²) in [5.74, 6) is 6.33. The van der Waals surface area contributed by atoms with Gasteiger partial charge in [-0.1, -0.05) is 20.3 Å². The molecule has 84 valence electrons. The molecule has 1 heterocycles. The fourth-order valence-electron chi connectivity index (χ4n) is 1.62. The van der Waals surface area contributed by atoms with E-state index in [1.807, 2.05) is 13.8 Å². The number of hydrogen-bond donors (Lipinski definition) is 1. The second-order valence-corrected chi connectivity index (χ2v) is 3.72. The monoisotopic (exact) mass is 209 g/mol. The number of aryl methyl sites for hydroxylation is 2. The van der Waals surface area contributed by atoms with Crippen molar-refractivity contribution in [3.63, 3.8) is 0 Å². The molecule has 4 heteroatoms. The van der Waals surface area contributed by atoms with Crippen molar-refractivity contribution in [2.75, 3.05) is 5.84 Å². The van der Waals surface area contributed by atoms with Crippen LogP contribution in [0.25, 0.3) is 0 Å². The predicted octanol–water partition coefficient (Wildman–Crippen LogP) is 1.17. The fraction of sp³-hybridized carbons (Fsp3) is 0.636. The molecule has 0 atom stereocenters. The third-order valence-electron chi connectivity index (χ3n) is 2.59. The highest BCUT2D eigenvalue weighted by molar-refractivity contribution is 5.18. The van der Waals surface area contributed by atoms with Crippen molar-refractivity contribution < 1.29 is 0 Å². The molecule has 1 aromatic heterocycles. The van der Waals surface area contributed by atoms with Gasteiger partial charge in [0.15, 0.2) is 0 Å². The zero-order chi connectivity index (χ0) is 11.4. The molecule has 0 saturated carbocycles. The molecular formula is C11H19N3O. The lowest BCUT2D eigenvalue weighted by molar-refractivity contribution is 0.717. The van der Waals surface area contributed by atoms with E-state index in [-0.39, 0.29) is 5.56 Å². The number of hydrogen-bond acceptors (Lipinski definition) is 3. The first-order valence-electron chi connectivity index (χ1n) is 5.48. The van der Waals surface area contributed by atoms with Crippen LogP contribution in [0.3, 0.4) is 0 Å².